The van der Waals surface area contributed by atoms with Crippen molar-refractivity contribution in [2.24, 2.45) is 0 Å². The third-order valence-electron chi connectivity index (χ3n) is 3.20. The summed E-state index contributed by atoms with van der Waals surface area (Å²) in [7, 11) is 0. The zero-order valence-electron chi connectivity index (χ0n) is 9.95. The van der Waals surface area contributed by atoms with Crippen LogP contribution in [0.2, 0.25) is 0 Å². The Morgan fingerprint density at radius 3 is 3.19 bits per heavy atom. The predicted molar refractivity (Wildman–Crippen MR) is 63.3 cm³/mol. The Balaban J connectivity index is 2.04. The van der Waals surface area contributed by atoms with Gasteiger partial charge in [0.15, 0.2) is 0 Å². The molecule has 0 radical (unpaired) electrons. The van der Waals surface area contributed by atoms with Gasteiger partial charge in [0.2, 0.25) is 0 Å². The lowest BCUT2D eigenvalue weighted by atomic mass is 9.90. The molecule has 4 heteroatoms. The van der Waals surface area contributed by atoms with Gasteiger partial charge in [-0.05, 0) is 25.8 Å². The van der Waals surface area contributed by atoms with Crippen LogP contribution in [-0.2, 0) is 13.0 Å². The van der Waals surface area contributed by atoms with Crippen LogP contribution in [-0.4, -0.2) is 33.3 Å². The summed E-state index contributed by atoms with van der Waals surface area (Å²) < 4.78 is 2.15. The van der Waals surface area contributed by atoms with E-state index in [4.69, 9.17) is 0 Å². The second-order valence-corrected chi connectivity index (χ2v) is 4.72. The van der Waals surface area contributed by atoms with Gasteiger partial charge in [0.25, 0.3) is 0 Å². The van der Waals surface area contributed by atoms with Crippen molar-refractivity contribution in [3.8, 4) is 0 Å². The first-order valence-corrected chi connectivity index (χ1v) is 6.17. The number of β-amino-alcohol motifs (C(OH)–C–C–N with tert-alkyl or cyclic N) is 1. The van der Waals surface area contributed by atoms with Crippen LogP contribution in [0, 0.1) is 0 Å². The van der Waals surface area contributed by atoms with Gasteiger partial charge in [-0.2, -0.15) is 0 Å². The van der Waals surface area contributed by atoms with Crippen molar-refractivity contribution in [3.63, 3.8) is 0 Å². The number of aromatic nitrogens is 2. The van der Waals surface area contributed by atoms with Gasteiger partial charge in [-0.1, -0.05) is 6.92 Å². The quantitative estimate of drug-likeness (QED) is 0.799. The van der Waals surface area contributed by atoms with Gasteiger partial charge < -0.3 is 15.0 Å². The van der Waals surface area contributed by atoms with Gasteiger partial charge in [-0.3, -0.25) is 0 Å². The second-order valence-electron chi connectivity index (χ2n) is 4.72. The molecular weight excluding hydrogens is 202 g/mol. The Bertz CT molecular complexity index is 329. The summed E-state index contributed by atoms with van der Waals surface area (Å²) in [5, 5.41) is 13.7. The van der Waals surface area contributed by atoms with Crippen molar-refractivity contribution >= 4 is 0 Å². The zero-order valence-corrected chi connectivity index (χ0v) is 9.95. The van der Waals surface area contributed by atoms with Gasteiger partial charge in [-0.15, -0.1) is 0 Å². The monoisotopic (exact) mass is 223 g/mol. The molecule has 1 fully saturated rings. The Labute approximate surface area is 96.7 Å². The summed E-state index contributed by atoms with van der Waals surface area (Å²) in [5.74, 6) is 1.01. The molecule has 90 valence electrons. The van der Waals surface area contributed by atoms with E-state index in [1.165, 1.54) is 0 Å². The fourth-order valence-corrected chi connectivity index (χ4v) is 2.35. The minimum atomic E-state index is -0.602. The highest BCUT2D eigenvalue weighted by Crippen LogP contribution is 2.20. The van der Waals surface area contributed by atoms with Gasteiger partial charge in [-0.25, -0.2) is 4.98 Å². The standard InChI is InChI=1S/C12H21N3O/c1-2-7-15-8-6-14-11(15)9-12(16)4-3-5-13-10-12/h6,8,13,16H,2-5,7,9-10H2,1H3. The highest BCUT2D eigenvalue weighted by Gasteiger charge is 2.30. The second kappa shape index (κ2) is 4.97. The molecule has 1 atom stereocenters. The summed E-state index contributed by atoms with van der Waals surface area (Å²) in [4.78, 5) is 4.35. The number of nitrogens with one attached hydrogen (secondary N) is 1. The first kappa shape index (κ1) is 11.6. The molecule has 1 aromatic rings. The molecule has 0 bridgehead atoms. The number of rotatable bonds is 4. The topological polar surface area (TPSA) is 50.1 Å². The van der Waals surface area contributed by atoms with E-state index in [0.717, 1.165) is 38.2 Å². The zero-order chi connectivity index (χ0) is 11.4. The van der Waals surface area contributed by atoms with Crippen molar-refractivity contribution in [2.75, 3.05) is 13.1 Å². The van der Waals surface area contributed by atoms with Crippen LogP contribution < -0.4 is 5.32 Å². The maximum Gasteiger partial charge on any atom is 0.111 e. The van der Waals surface area contributed by atoms with Crippen molar-refractivity contribution in [1.82, 2.24) is 14.9 Å². The molecule has 4 nitrogen and oxygen atoms in total. The predicted octanol–water partition coefficient (Wildman–Crippen LogP) is 0.950. The fraction of sp³-hybridized carbons (Fsp3) is 0.750. The van der Waals surface area contributed by atoms with E-state index >= 15 is 0 Å². The molecule has 1 aromatic heterocycles. The van der Waals surface area contributed by atoms with Gasteiger partial charge in [0.1, 0.15) is 5.82 Å². The van der Waals surface area contributed by atoms with E-state index in [2.05, 4.69) is 21.8 Å². The number of hydrogen-bond acceptors (Lipinski definition) is 3. The van der Waals surface area contributed by atoms with E-state index in [1.807, 2.05) is 12.4 Å². The van der Waals surface area contributed by atoms with Gasteiger partial charge >= 0.3 is 0 Å². The number of aliphatic hydroxyl groups is 1. The Morgan fingerprint density at radius 1 is 1.62 bits per heavy atom. The number of imidazole rings is 1. The minimum Gasteiger partial charge on any atom is -0.388 e. The van der Waals surface area contributed by atoms with E-state index in [9.17, 15) is 5.11 Å². The average molecular weight is 223 g/mol. The Hall–Kier alpha value is -0.870. The maximum absolute atomic E-state index is 10.4. The molecule has 0 amide bonds. The summed E-state index contributed by atoms with van der Waals surface area (Å²) >= 11 is 0. The minimum absolute atomic E-state index is 0.602. The normalized spacial score (nSPS) is 25.9. The molecule has 1 unspecified atom stereocenters. The molecule has 1 aliphatic rings. The molecule has 1 saturated heterocycles. The number of nitrogens with zero attached hydrogens (tertiary/aromatic N) is 2. The highest BCUT2D eigenvalue weighted by molar-refractivity contribution is 5.00. The third-order valence-corrected chi connectivity index (χ3v) is 3.20. The lowest BCUT2D eigenvalue weighted by Crippen LogP contribution is -2.47. The molecule has 0 spiro atoms. The summed E-state index contributed by atoms with van der Waals surface area (Å²) in [5.41, 5.74) is -0.602. The third kappa shape index (κ3) is 2.62. The summed E-state index contributed by atoms with van der Waals surface area (Å²) in [6.45, 7) is 4.84. The summed E-state index contributed by atoms with van der Waals surface area (Å²) in [6.07, 6.45) is 7.50. The Morgan fingerprint density at radius 2 is 2.50 bits per heavy atom. The smallest absolute Gasteiger partial charge is 0.111 e. The number of piperidine rings is 1. The van der Waals surface area contributed by atoms with Crippen molar-refractivity contribution in [1.29, 1.82) is 0 Å². The van der Waals surface area contributed by atoms with Crippen LogP contribution in [0.15, 0.2) is 12.4 Å². The molecule has 2 N–H and O–H groups in total. The molecule has 2 rings (SSSR count). The average Bonchev–Trinajstić information content (AvgIpc) is 2.67. The molecule has 0 saturated carbocycles. The molecule has 0 aliphatic carbocycles. The largest absolute Gasteiger partial charge is 0.388 e. The van der Waals surface area contributed by atoms with Gasteiger partial charge in [0.05, 0.1) is 5.60 Å². The molecule has 2 heterocycles. The van der Waals surface area contributed by atoms with Crippen LogP contribution in [0.25, 0.3) is 0 Å². The Kier molecular flexibility index (Phi) is 3.61. The van der Waals surface area contributed by atoms with Crippen molar-refractivity contribution < 1.29 is 5.11 Å². The molecular formula is C12H21N3O. The van der Waals surface area contributed by atoms with Crippen LogP contribution in [0.3, 0.4) is 0 Å². The van der Waals surface area contributed by atoms with Crippen LogP contribution in [0.5, 0.6) is 0 Å². The van der Waals surface area contributed by atoms with Crippen LogP contribution >= 0.6 is 0 Å². The molecule has 16 heavy (non-hydrogen) atoms. The fourth-order valence-electron chi connectivity index (χ4n) is 2.35. The summed E-state index contributed by atoms with van der Waals surface area (Å²) in [6, 6.07) is 0. The van der Waals surface area contributed by atoms with Crippen molar-refractivity contribution in [3.05, 3.63) is 18.2 Å². The van der Waals surface area contributed by atoms with Crippen LogP contribution in [0.4, 0.5) is 0 Å². The van der Waals surface area contributed by atoms with Gasteiger partial charge in [0, 0.05) is 31.9 Å². The first-order valence-electron chi connectivity index (χ1n) is 6.17. The van der Waals surface area contributed by atoms with E-state index in [1.54, 1.807) is 0 Å². The van der Waals surface area contributed by atoms with Crippen LogP contribution in [0.1, 0.15) is 32.0 Å². The highest BCUT2D eigenvalue weighted by atomic mass is 16.3. The SMILES string of the molecule is CCCn1ccnc1CC1(O)CCCNC1. The lowest BCUT2D eigenvalue weighted by molar-refractivity contribution is 0.0144. The lowest BCUT2D eigenvalue weighted by Gasteiger charge is -2.32. The van der Waals surface area contributed by atoms with E-state index < -0.39 is 5.60 Å². The maximum atomic E-state index is 10.4. The van der Waals surface area contributed by atoms with Crippen molar-refractivity contribution in [2.45, 2.75) is 44.8 Å². The first-order chi connectivity index (χ1) is 7.73. The molecule has 0 aromatic carbocycles. The number of aryl methyl sites for hydroxylation is 1. The molecule has 1 aliphatic heterocycles. The van der Waals surface area contributed by atoms with E-state index in [-0.39, 0.29) is 0 Å². The van der Waals surface area contributed by atoms with E-state index in [0.29, 0.717) is 13.0 Å². The number of hydrogen-bond donors (Lipinski definition) is 2.